The smallest absolute Gasteiger partial charge is 0.170 e. The molecule has 4 nitrogen and oxygen atoms in total. The third-order valence-electron chi connectivity index (χ3n) is 2.60. The highest BCUT2D eigenvalue weighted by molar-refractivity contribution is 7.09. The Morgan fingerprint density at radius 1 is 1.56 bits per heavy atom. The van der Waals surface area contributed by atoms with E-state index in [4.69, 9.17) is 9.47 Å². The summed E-state index contributed by atoms with van der Waals surface area (Å²) in [5.74, 6) is 0. The first-order valence-electron chi connectivity index (χ1n) is 5.70. The van der Waals surface area contributed by atoms with Crippen molar-refractivity contribution in [1.82, 2.24) is 10.3 Å². The lowest BCUT2D eigenvalue weighted by molar-refractivity contribution is -0.0404. The van der Waals surface area contributed by atoms with Crippen molar-refractivity contribution in [2.24, 2.45) is 0 Å². The highest BCUT2D eigenvalue weighted by Gasteiger charge is 2.17. The zero-order valence-electron chi connectivity index (χ0n) is 9.73. The second-order valence-corrected chi connectivity index (χ2v) is 4.76. The van der Waals surface area contributed by atoms with Crippen molar-refractivity contribution in [2.75, 3.05) is 19.8 Å². The minimum atomic E-state index is -0.0910. The van der Waals surface area contributed by atoms with Gasteiger partial charge in [0, 0.05) is 18.0 Å². The molecule has 0 aliphatic carbocycles. The Balaban J connectivity index is 1.80. The molecule has 1 aromatic heterocycles. The Kier molecular flexibility index (Phi) is 4.29. The van der Waals surface area contributed by atoms with Gasteiger partial charge in [-0.15, -0.1) is 11.3 Å². The SMILES string of the molecule is CCc1nc([C@H](C)NCC2OCCO2)cs1. The van der Waals surface area contributed by atoms with Crippen LogP contribution in [0.2, 0.25) is 0 Å². The van der Waals surface area contributed by atoms with Crippen LogP contribution in [0.5, 0.6) is 0 Å². The average molecular weight is 242 g/mol. The molecule has 2 rings (SSSR count). The Labute approximate surface area is 100.0 Å². The number of ether oxygens (including phenoxy) is 2. The number of aromatic nitrogens is 1. The molecule has 0 amide bonds. The maximum Gasteiger partial charge on any atom is 0.170 e. The average Bonchev–Trinajstić information content (AvgIpc) is 2.96. The molecule has 0 radical (unpaired) electrons. The summed E-state index contributed by atoms with van der Waals surface area (Å²) in [4.78, 5) is 4.55. The molecule has 90 valence electrons. The van der Waals surface area contributed by atoms with E-state index < -0.39 is 0 Å². The van der Waals surface area contributed by atoms with Crippen molar-refractivity contribution in [3.63, 3.8) is 0 Å². The van der Waals surface area contributed by atoms with Gasteiger partial charge in [0.15, 0.2) is 6.29 Å². The fourth-order valence-electron chi connectivity index (χ4n) is 1.59. The third-order valence-corrected chi connectivity index (χ3v) is 3.61. The number of hydrogen-bond donors (Lipinski definition) is 1. The molecule has 1 saturated heterocycles. The first kappa shape index (κ1) is 12.0. The van der Waals surface area contributed by atoms with Crippen molar-refractivity contribution < 1.29 is 9.47 Å². The quantitative estimate of drug-likeness (QED) is 0.854. The summed E-state index contributed by atoms with van der Waals surface area (Å²) in [7, 11) is 0. The number of nitrogens with zero attached hydrogens (tertiary/aromatic N) is 1. The summed E-state index contributed by atoms with van der Waals surface area (Å²) in [6.07, 6.45) is 0.915. The van der Waals surface area contributed by atoms with E-state index in [1.54, 1.807) is 11.3 Å². The van der Waals surface area contributed by atoms with E-state index in [0.29, 0.717) is 13.2 Å². The Morgan fingerprint density at radius 3 is 2.94 bits per heavy atom. The van der Waals surface area contributed by atoms with Crippen LogP contribution < -0.4 is 5.32 Å². The number of rotatable bonds is 5. The molecule has 1 fully saturated rings. The van der Waals surface area contributed by atoms with Gasteiger partial charge in [-0.25, -0.2) is 4.98 Å². The fourth-order valence-corrected chi connectivity index (χ4v) is 2.43. The topological polar surface area (TPSA) is 43.4 Å². The molecule has 1 aliphatic heterocycles. The van der Waals surface area contributed by atoms with Crippen molar-refractivity contribution in [1.29, 1.82) is 0 Å². The summed E-state index contributed by atoms with van der Waals surface area (Å²) in [6.45, 7) is 6.37. The maximum absolute atomic E-state index is 5.36. The van der Waals surface area contributed by atoms with Crippen molar-refractivity contribution >= 4 is 11.3 Å². The molecule has 2 heterocycles. The lowest BCUT2D eigenvalue weighted by atomic mass is 10.2. The Hall–Kier alpha value is -0.490. The predicted molar refractivity (Wildman–Crippen MR) is 63.6 cm³/mol. The third kappa shape index (κ3) is 3.01. The molecule has 1 N–H and O–H groups in total. The molecule has 0 aromatic carbocycles. The minimum Gasteiger partial charge on any atom is -0.349 e. The van der Waals surface area contributed by atoms with Crippen molar-refractivity contribution in [3.05, 3.63) is 16.1 Å². The molecule has 1 aromatic rings. The van der Waals surface area contributed by atoms with E-state index in [0.717, 1.165) is 18.7 Å². The second-order valence-electron chi connectivity index (χ2n) is 3.82. The minimum absolute atomic E-state index is 0.0910. The lowest BCUT2D eigenvalue weighted by Gasteiger charge is -2.14. The number of aryl methyl sites for hydroxylation is 1. The van der Waals surface area contributed by atoms with E-state index >= 15 is 0 Å². The molecule has 0 saturated carbocycles. The van der Waals surface area contributed by atoms with E-state index in [1.807, 2.05) is 0 Å². The summed E-state index contributed by atoms with van der Waals surface area (Å²) < 4.78 is 10.7. The van der Waals surface area contributed by atoms with Crippen LogP contribution >= 0.6 is 11.3 Å². The predicted octanol–water partition coefficient (Wildman–Crippen LogP) is 1.73. The van der Waals surface area contributed by atoms with Gasteiger partial charge in [0.1, 0.15) is 0 Å². The van der Waals surface area contributed by atoms with E-state index in [1.165, 1.54) is 5.01 Å². The van der Waals surface area contributed by atoms with Crippen LogP contribution in [-0.4, -0.2) is 31.0 Å². The number of thiazole rings is 1. The summed E-state index contributed by atoms with van der Waals surface area (Å²) in [5, 5.41) is 6.68. The molecule has 1 atom stereocenters. The summed E-state index contributed by atoms with van der Waals surface area (Å²) in [5.41, 5.74) is 1.11. The van der Waals surface area contributed by atoms with Gasteiger partial charge < -0.3 is 14.8 Å². The molecule has 0 bridgehead atoms. The van der Waals surface area contributed by atoms with E-state index in [9.17, 15) is 0 Å². The van der Waals surface area contributed by atoms with Crippen LogP contribution in [0.3, 0.4) is 0 Å². The lowest BCUT2D eigenvalue weighted by Crippen LogP contribution is -2.29. The zero-order valence-corrected chi connectivity index (χ0v) is 10.5. The van der Waals surface area contributed by atoms with Crippen molar-refractivity contribution in [2.45, 2.75) is 32.6 Å². The second kappa shape index (κ2) is 5.72. The zero-order chi connectivity index (χ0) is 11.4. The van der Waals surface area contributed by atoms with Gasteiger partial charge in [-0.1, -0.05) is 6.92 Å². The molecule has 5 heteroatoms. The van der Waals surface area contributed by atoms with Crippen LogP contribution in [-0.2, 0) is 15.9 Å². The standard InChI is InChI=1S/C11H18N2O2S/c1-3-10-13-9(7-16-10)8(2)12-6-11-14-4-5-15-11/h7-8,11-12H,3-6H2,1-2H3/t8-/m0/s1. The van der Waals surface area contributed by atoms with Gasteiger partial charge in [0.05, 0.1) is 23.9 Å². The first-order chi connectivity index (χ1) is 7.79. The Morgan fingerprint density at radius 2 is 2.31 bits per heavy atom. The van der Waals surface area contributed by atoms with Gasteiger partial charge in [-0.3, -0.25) is 0 Å². The Bertz CT molecular complexity index is 324. The van der Waals surface area contributed by atoms with E-state index in [-0.39, 0.29) is 12.3 Å². The molecule has 16 heavy (non-hydrogen) atoms. The highest BCUT2D eigenvalue weighted by atomic mass is 32.1. The van der Waals surface area contributed by atoms with Gasteiger partial charge in [-0.2, -0.15) is 0 Å². The molecule has 0 unspecified atom stereocenters. The van der Waals surface area contributed by atoms with Gasteiger partial charge in [0.25, 0.3) is 0 Å². The van der Waals surface area contributed by atoms with Crippen LogP contribution in [0.25, 0.3) is 0 Å². The summed E-state index contributed by atoms with van der Waals surface area (Å²) in [6, 6.07) is 0.254. The van der Waals surface area contributed by atoms with Crippen LogP contribution in [0, 0.1) is 0 Å². The molecular formula is C11H18N2O2S. The fraction of sp³-hybridized carbons (Fsp3) is 0.727. The highest BCUT2D eigenvalue weighted by Crippen LogP contribution is 2.17. The monoisotopic (exact) mass is 242 g/mol. The van der Waals surface area contributed by atoms with Gasteiger partial charge in [-0.05, 0) is 13.3 Å². The normalized spacial score (nSPS) is 19.1. The van der Waals surface area contributed by atoms with Crippen molar-refractivity contribution in [3.8, 4) is 0 Å². The first-order valence-corrected chi connectivity index (χ1v) is 6.58. The van der Waals surface area contributed by atoms with Gasteiger partial charge in [0.2, 0.25) is 0 Å². The summed E-state index contributed by atoms with van der Waals surface area (Å²) >= 11 is 1.72. The molecule has 0 spiro atoms. The van der Waals surface area contributed by atoms with E-state index in [2.05, 4.69) is 29.5 Å². The van der Waals surface area contributed by atoms with Gasteiger partial charge >= 0.3 is 0 Å². The molecule has 1 aliphatic rings. The van der Waals surface area contributed by atoms with Crippen LogP contribution in [0.4, 0.5) is 0 Å². The largest absolute Gasteiger partial charge is 0.349 e. The van der Waals surface area contributed by atoms with Crippen LogP contribution in [0.1, 0.15) is 30.6 Å². The number of hydrogen-bond acceptors (Lipinski definition) is 5. The maximum atomic E-state index is 5.36. The van der Waals surface area contributed by atoms with Crippen LogP contribution in [0.15, 0.2) is 5.38 Å². The molecular weight excluding hydrogens is 224 g/mol. The number of nitrogens with one attached hydrogen (secondary N) is 1.